The van der Waals surface area contributed by atoms with Crippen molar-refractivity contribution < 1.29 is 0 Å². The van der Waals surface area contributed by atoms with Gasteiger partial charge in [-0.1, -0.05) is 6.07 Å². The van der Waals surface area contributed by atoms with Crippen LogP contribution in [0.4, 0.5) is 17.3 Å². The summed E-state index contributed by atoms with van der Waals surface area (Å²) < 4.78 is 0. The highest BCUT2D eigenvalue weighted by molar-refractivity contribution is 5.63. The maximum atomic E-state index is 5.76. The number of aromatic nitrogens is 2. The molecule has 0 spiro atoms. The number of rotatable bonds is 2. The molecule has 1 heterocycles. The molecule has 0 aliphatic heterocycles. The summed E-state index contributed by atoms with van der Waals surface area (Å²) in [5.41, 5.74) is 10.4. The van der Waals surface area contributed by atoms with Gasteiger partial charge in [-0.3, -0.25) is 0 Å². The van der Waals surface area contributed by atoms with Gasteiger partial charge in [-0.2, -0.15) is 0 Å². The Kier molecular flexibility index (Phi) is 2.95. The summed E-state index contributed by atoms with van der Waals surface area (Å²) in [7, 11) is 0. The molecule has 4 nitrogen and oxygen atoms in total. The maximum Gasteiger partial charge on any atom is 0.227 e. The molecule has 2 rings (SSSR count). The quantitative estimate of drug-likeness (QED) is 0.776. The first-order valence-corrected chi connectivity index (χ1v) is 5.50. The van der Waals surface area contributed by atoms with Crippen LogP contribution in [0, 0.1) is 20.8 Å². The largest absolute Gasteiger partial charge is 0.399 e. The van der Waals surface area contributed by atoms with Crippen molar-refractivity contribution in [3.63, 3.8) is 0 Å². The second-order valence-corrected chi connectivity index (χ2v) is 4.17. The average molecular weight is 228 g/mol. The first-order valence-electron chi connectivity index (χ1n) is 5.50. The predicted molar refractivity (Wildman–Crippen MR) is 70.4 cm³/mol. The standard InChI is InChI=1S/C13H16N4/c1-8-4-5-11(14)7-12(8)17-13-15-9(2)6-10(3)16-13/h4-7H,14H2,1-3H3,(H,15,16,17). The highest BCUT2D eigenvalue weighted by atomic mass is 15.1. The van der Waals surface area contributed by atoms with E-state index < -0.39 is 0 Å². The third-order valence-electron chi connectivity index (χ3n) is 2.49. The molecule has 0 saturated carbocycles. The molecule has 0 bridgehead atoms. The Morgan fingerprint density at radius 2 is 1.65 bits per heavy atom. The molecular formula is C13H16N4. The number of nitrogens with one attached hydrogen (secondary N) is 1. The molecule has 0 fully saturated rings. The van der Waals surface area contributed by atoms with Crippen LogP contribution in [-0.2, 0) is 0 Å². The summed E-state index contributed by atoms with van der Waals surface area (Å²) >= 11 is 0. The van der Waals surface area contributed by atoms with Crippen molar-refractivity contribution in [3.8, 4) is 0 Å². The van der Waals surface area contributed by atoms with E-state index in [1.807, 2.05) is 45.0 Å². The zero-order valence-electron chi connectivity index (χ0n) is 10.3. The van der Waals surface area contributed by atoms with Gasteiger partial charge in [0.25, 0.3) is 0 Å². The molecule has 0 amide bonds. The number of nitrogen functional groups attached to an aromatic ring is 1. The van der Waals surface area contributed by atoms with Crippen LogP contribution < -0.4 is 11.1 Å². The van der Waals surface area contributed by atoms with E-state index in [9.17, 15) is 0 Å². The van der Waals surface area contributed by atoms with Gasteiger partial charge in [-0.05, 0) is 44.5 Å². The molecule has 3 N–H and O–H groups in total. The molecule has 0 unspecified atom stereocenters. The Morgan fingerprint density at radius 3 is 2.29 bits per heavy atom. The van der Waals surface area contributed by atoms with Crippen molar-refractivity contribution in [2.24, 2.45) is 0 Å². The number of aryl methyl sites for hydroxylation is 3. The SMILES string of the molecule is Cc1cc(C)nc(Nc2cc(N)ccc2C)n1. The van der Waals surface area contributed by atoms with E-state index in [4.69, 9.17) is 5.73 Å². The van der Waals surface area contributed by atoms with Gasteiger partial charge in [0.1, 0.15) is 0 Å². The van der Waals surface area contributed by atoms with Crippen molar-refractivity contribution in [1.82, 2.24) is 9.97 Å². The van der Waals surface area contributed by atoms with Crippen LogP contribution >= 0.6 is 0 Å². The minimum Gasteiger partial charge on any atom is -0.399 e. The van der Waals surface area contributed by atoms with Crippen molar-refractivity contribution >= 4 is 17.3 Å². The molecule has 0 aliphatic carbocycles. The van der Waals surface area contributed by atoms with Crippen LogP contribution in [0.25, 0.3) is 0 Å². The molecule has 2 aromatic rings. The Labute approximate surface area is 101 Å². The highest BCUT2D eigenvalue weighted by Gasteiger charge is 2.03. The molecule has 0 saturated heterocycles. The van der Waals surface area contributed by atoms with E-state index in [-0.39, 0.29) is 0 Å². The van der Waals surface area contributed by atoms with E-state index in [0.717, 1.165) is 28.3 Å². The Bertz CT molecular complexity index is 529. The molecule has 4 heteroatoms. The molecule has 0 aliphatic rings. The van der Waals surface area contributed by atoms with Crippen LogP contribution in [-0.4, -0.2) is 9.97 Å². The Morgan fingerprint density at radius 1 is 1.00 bits per heavy atom. The van der Waals surface area contributed by atoms with E-state index in [0.29, 0.717) is 5.95 Å². The topological polar surface area (TPSA) is 63.8 Å². The minimum atomic E-state index is 0.608. The van der Waals surface area contributed by atoms with Crippen LogP contribution in [0.15, 0.2) is 24.3 Å². The number of nitrogens with two attached hydrogens (primary N) is 1. The number of hydrogen-bond acceptors (Lipinski definition) is 4. The van der Waals surface area contributed by atoms with Crippen LogP contribution in [0.1, 0.15) is 17.0 Å². The van der Waals surface area contributed by atoms with Gasteiger partial charge in [0.2, 0.25) is 5.95 Å². The van der Waals surface area contributed by atoms with Gasteiger partial charge in [0, 0.05) is 22.8 Å². The van der Waals surface area contributed by atoms with E-state index in [1.54, 1.807) is 0 Å². The summed E-state index contributed by atoms with van der Waals surface area (Å²) in [5.74, 6) is 0.608. The molecule has 0 radical (unpaired) electrons. The predicted octanol–water partition coefficient (Wildman–Crippen LogP) is 2.73. The fourth-order valence-electron chi connectivity index (χ4n) is 1.68. The fraction of sp³-hybridized carbons (Fsp3) is 0.231. The van der Waals surface area contributed by atoms with Crippen LogP contribution in [0.3, 0.4) is 0 Å². The zero-order valence-corrected chi connectivity index (χ0v) is 10.3. The lowest BCUT2D eigenvalue weighted by atomic mass is 10.2. The van der Waals surface area contributed by atoms with Crippen LogP contribution in [0.5, 0.6) is 0 Å². The molecular weight excluding hydrogens is 212 g/mol. The lowest BCUT2D eigenvalue weighted by Gasteiger charge is -2.09. The summed E-state index contributed by atoms with van der Waals surface area (Å²) in [6, 6.07) is 7.68. The monoisotopic (exact) mass is 228 g/mol. The van der Waals surface area contributed by atoms with Gasteiger partial charge in [-0.25, -0.2) is 9.97 Å². The number of benzene rings is 1. The second-order valence-electron chi connectivity index (χ2n) is 4.17. The summed E-state index contributed by atoms with van der Waals surface area (Å²) in [6.07, 6.45) is 0. The first kappa shape index (κ1) is 11.4. The second kappa shape index (κ2) is 4.41. The number of hydrogen-bond donors (Lipinski definition) is 2. The van der Waals surface area contributed by atoms with Crippen molar-refractivity contribution in [2.75, 3.05) is 11.1 Å². The fourth-order valence-corrected chi connectivity index (χ4v) is 1.68. The normalized spacial score (nSPS) is 10.3. The first-order chi connectivity index (χ1) is 8.04. The summed E-state index contributed by atoms with van der Waals surface area (Å²) in [5, 5.41) is 3.19. The smallest absolute Gasteiger partial charge is 0.227 e. The summed E-state index contributed by atoms with van der Waals surface area (Å²) in [4.78, 5) is 8.67. The third-order valence-corrected chi connectivity index (χ3v) is 2.49. The Hall–Kier alpha value is -2.10. The Balaban J connectivity index is 2.34. The lowest BCUT2D eigenvalue weighted by molar-refractivity contribution is 1.06. The number of anilines is 3. The molecule has 17 heavy (non-hydrogen) atoms. The number of nitrogens with zero attached hydrogens (tertiary/aromatic N) is 2. The highest BCUT2D eigenvalue weighted by Crippen LogP contribution is 2.21. The minimum absolute atomic E-state index is 0.608. The van der Waals surface area contributed by atoms with Gasteiger partial charge < -0.3 is 11.1 Å². The van der Waals surface area contributed by atoms with Gasteiger partial charge in [-0.15, -0.1) is 0 Å². The van der Waals surface area contributed by atoms with E-state index in [1.165, 1.54) is 0 Å². The van der Waals surface area contributed by atoms with Crippen LogP contribution in [0.2, 0.25) is 0 Å². The van der Waals surface area contributed by atoms with Gasteiger partial charge in [0.05, 0.1) is 0 Å². The zero-order chi connectivity index (χ0) is 12.4. The van der Waals surface area contributed by atoms with Crippen molar-refractivity contribution in [1.29, 1.82) is 0 Å². The van der Waals surface area contributed by atoms with E-state index >= 15 is 0 Å². The van der Waals surface area contributed by atoms with Gasteiger partial charge >= 0.3 is 0 Å². The van der Waals surface area contributed by atoms with E-state index in [2.05, 4.69) is 15.3 Å². The molecule has 0 atom stereocenters. The molecule has 88 valence electrons. The van der Waals surface area contributed by atoms with Crippen molar-refractivity contribution in [2.45, 2.75) is 20.8 Å². The molecule has 1 aromatic heterocycles. The summed E-state index contributed by atoms with van der Waals surface area (Å²) in [6.45, 7) is 5.92. The average Bonchev–Trinajstić information content (AvgIpc) is 2.22. The lowest BCUT2D eigenvalue weighted by Crippen LogP contribution is -2.01. The van der Waals surface area contributed by atoms with Gasteiger partial charge in [0.15, 0.2) is 0 Å². The third kappa shape index (κ3) is 2.72. The molecule has 1 aromatic carbocycles. The maximum absolute atomic E-state index is 5.76. The van der Waals surface area contributed by atoms with Crippen molar-refractivity contribution in [3.05, 3.63) is 41.2 Å².